The van der Waals surface area contributed by atoms with E-state index in [-0.39, 0.29) is 0 Å². The van der Waals surface area contributed by atoms with Crippen LogP contribution in [0.3, 0.4) is 0 Å². The van der Waals surface area contributed by atoms with Gasteiger partial charge in [0.2, 0.25) is 6.41 Å². The minimum Gasteiger partial charge on any atom is -0.281 e. The minimum atomic E-state index is 0.356. The fourth-order valence-corrected chi connectivity index (χ4v) is 0.831. The van der Waals surface area contributed by atoms with Gasteiger partial charge in [-0.15, -0.1) is 0 Å². The molecule has 0 radical (unpaired) electrons. The van der Waals surface area contributed by atoms with Crippen LogP contribution in [0, 0.1) is 6.92 Å². The van der Waals surface area contributed by atoms with Crippen molar-refractivity contribution in [3.63, 3.8) is 0 Å². The summed E-state index contributed by atoms with van der Waals surface area (Å²) in [4.78, 5) is 10.1. The number of benzene rings is 1. The van der Waals surface area contributed by atoms with E-state index in [2.05, 4.69) is 0 Å². The number of anilines is 1. The number of amides is 1. The van der Waals surface area contributed by atoms with Gasteiger partial charge in [0.15, 0.2) is 0 Å². The SMILES string of the molecule is Cc1cccc(N(O)C=O)c1. The number of carbonyl (C=O) groups is 1. The molecule has 0 saturated carbocycles. The Labute approximate surface area is 64.8 Å². The molecule has 0 aliphatic heterocycles. The van der Waals surface area contributed by atoms with Crippen LogP contribution in [0.2, 0.25) is 0 Å². The number of aryl methyl sites for hydroxylation is 1. The number of carbonyl (C=O) groups excluding carboxylic acids is 1. The standard InChI is InChI=1S/C8H9NO2/c1-7-3-2-4-8(5-7)9(11)6-10/h2-6,11H,1H3. The summed E-state index contributed by atoms with van der Waals surface area (Å²) in [6.07, 6.45) is 0.356. The molecule has 3 nitrogen and oxygen atoms in total. The van der Waals surface area contributed by atoms with Gasteiger partial charge in [-0.3, -0.25) is 10.0 Å². The molecule has 0 saturated heterocycles. The van der Waals surface area contributed by atoms with E-state index in [9.17, 15) is 4.79 Å². The van der Waals surface area contributed by atoms with Crippen LogP contribution >= 0.6 is 0 Å². The van der Waals surface area contributed by atoms with Crippen LogP contribution in [0.15, 0.2) is 24.3 Å². The number of hydrogen-bond donors (Lipinski definition) is 1. The van der Waals surface area contributed by atoms with Crippen LogP contribution in [0.1, 0.15) is 5.56 Å². The third kappa shape index (κ3) is 1.78. The second-order valence-electron chi connectivity index (χ2n) is 2.29. The molecular formula is C8H9NO2. The van der Waals surface area contributed by atoms with Crippen molar-refractivity contribution in [2.24, 2.45) is 0 Å². The first-order valence-electron chi connectivity index (χ1n) is 3.24. The van der Waals surface area contributed by atoms with E-state index in [0.29, 0.717) is 17.2 Å². The molecule has 1 aromatic rings. The molecule has 1 N–H and O–H groups in total. The predicted molar refractivity (Wildman–Crippen MR) is 41.5 cm³/mol. The Kier molecular flexibility index (Phi) is 2.23. The molecule has 3 heteroatoms. The highest BCUT2D eigenvalue weighted by Crippen LogP contribution is 2.11. The van der Waals surface area contributed by atoms with Gasteiger partial charge in [0.25, 0.3) is 0 Å². The topological polar surface area (TPSA) is 40.5 Å². The van der Waals surface area contributed by atoms with Crippen LogP contribution in [-0.2, 0) is 4.79 Å². The molecule has 0 fully saturated rings. The maximum absolute atomic E-state index is 10.1. The van der Waals surface area contributed by atoms with Gasteiger partial charge in [0, 0.05) is 0 Å². The molecule has 0 aromatic heterocycles. The maximum Gasteiger partial charge on any atom is 0.237 e. The lowest BCUT2D eigenvalue weighted by Gasteiger charge is -2.07. The summed E-state index contributed by atoms with van der Waals surface area (Å²) in [7, 11) is 0. The first-order chi connectivity index (χ1) is 5.24. The molecule has 0 atom stereocenters. The molecule has 1 aromatic carbocycles. The third-order valence-electron chi connectivity index (χ3n) is 1.37. The summed E-state index contributed by atoms with van der Waals surface area (Å²) in [5, 5.41) is 9.47. The molecule has 1 amide bonds. The largest absolute Gasteiger partial charge is 0.281 e. The Morgan fingerprint density at radius 3 is 2.82 bits per heavy atom. The highest BCUT2D eigenvalue weighted by atomic mass is 16.5. The molecule has 0 bridgehead atoms. The average molecular weight is 151 g/mol. The number of hydroxylamine groups is 1. The zero-order valence-electron chi connectivity index (χ0n) is 6.19. The first kappa shape index (κ1) is 7.75. The van der Waals surface area contributed by atoms with Crippen LogP contribution in [0.4, 0.5) is 5.69 Å². The van der Waals surface area contributed by atoms with Gasteiger partial charge >= 0.3 is 0 Å². The third-order valence-corrected chi connectivity index (χ3v) is 1.37. The highest BCUT2D eigenvalue weighted by Gasteiger charge is 1.98. The van der Waals surface area contributed by atoms with Gasteiger partial charge in [-0.1, -0.05) is 12.1 Å². The van der Waals surface area contributed by atoms with Gasteiger partial charge in [-0.05, 0) is 24.6 Å². The fraction of sp³-hybridized carbons (Fsp3) is 0.125. The second kappa shape index (κ2) is 3.16. The number of hydrogen-bond acceptors (Lipinski definition) is 2. The van der Waals surface area contributed by atoms with Gasteiger partial charge in [-0.2, -0.15) is 5.06 Å². The first-order valence-corrected chi connectivity index (χ1v) is 3.24. The molecule has 0 heterocycles. The molecular weight excluding hydrogens is 142 g/mol. The van der Waals surface area contributed by atoms with Crippen molar-refractivity contribution in [1.29, 1.82) is 0 Å². The molecule has 11 heavy (non-hydrogen) atoms. The minimum absolute atomic E-state index is 0.356. The second-order valence-corrected chi connectivity index (χ2v) is 2.29. The van der Waals surface area contributed by atoms with E-state index in [1.165, 1.54) is 0 Å². The number of nitrogens with zero attached hydrogens (tertiary/aromatic N) is 1. The Morgan fingerprint density at radius 2 is 2.27 bits per heavy atom. The predicted octanol–water partition coefficient (Wildman–Crippen LogP) is 1.35. The Balaban J connectivity index is 2.95. The lowest BCUT2D eigenvalue weighted by molar-refractivity contribution is -0.111. The van der Waals surface area contributed by atoms with Crippen LogP contribution in [-0.4, -0.2) is 11.6 Å². The van der Waals surface area contributed by atoms with Gasteiger partial charge < -0.3 is 0 Å². The van der Waals surface area contributed by atoms with Gasteiger partial charge in [0.05, 0.1) is 5.69 Å². The Morgan fingerprint density at radius 1 is 1.55 bits per heavy atom. The lowest BCUT2D eigenvalue weighted by atomic mass is 10.2. The van der Waals surface area contributed by atoms with Gasteiger partial charge in [-0.25, -0.2) is 0 Å². The van der Waals surface area contributed by atoms with Crippen LogP contribution in [0.25, 0.3) is 0 Å². The summed E-state index contributed by atoms with van der Waals surface area (Å²) in [5.74, 6) is 0. The van der Waals surface area contributed by atoms with Crippen molar-refractivity contribution >= 4 is 12.1 Å². The van der Waals surface area contributed by atoms with E-state index < -0.39 is 0 Å². The van der Waals surface area contributed by atoms with Crippen molar-refractivity contribution in [3.8, 4) is 0 Å². The Hall–Kier alpha value is -1.35. The lowest BCUT2D eigenvalue weighted by Crippen LogP contribution is -2.14. The maximum atomic E-state index is 10.1. The van der Waals surface area contributed by atoms with Crippen molar-refractivity contribution < 1.29 is 10.0 Å². The summed E-state index contributed by atoms with van der Waals surface area (Å²) in [5.41, 5.74) is 1.49. The van der Waals surface area contributed by atoms with Crippen molar-refractivity contribution in [2.75, 3.05) is 5.06 Å². The highest BCUT2D eigenvalue weighted by molar-refractivity contribution is 5.71. The quantitative estimate of drug-likeness (QED) is 0.393. The van der Waals surface area contributed by atoms with Crippen LogP contribution < -0.4 is 5.06 Å². The zero-order chi connectivity index (χ0) is 8.27. The van der Waals surface area contributed by atoms with E-state index in [4.69, 9.17) is 5.21 Å². The summed E-state index contributed by atoms with van der Waals surface area (Å²) < 4.78 is 0. The summed E-state index contributed by atoms with van der Waals surface area (Å²) in [6, 6.07) is 7.04. The van der Waals surface area contributed by atoms with Crippen LogP contribution in [0.5, 0.6) is 0 Å². The monoisotopic (exact) mass is 151 g/mol. The smallest absolute Gasteiger partial charge is 0.237 e. The molecule has 0 aliphatic carbocycles. The number of rotatable bonds is 2. The summed E-state index contributed by atoms with van der Waals surface area (Å²) >= 11 is 0. The Bertz CT molecular complexity index is 260. The molecule has 1 rings (SSSR count). The van der Waals surface area contributed by atoms with Crippen molar-refractivity contribution in [3.05, 3.63) is 29.8 Å². The van der Waals surface area contributed by atoms with Crippen molar-refractivity contribution in [2.45, 2.75) is 6.92 Å². The van der Waals surface area contributed by atoms with E-state index in [1.54, 1.807) is 18.2 Å². The zero-order valence-corrected chi connectivity index (χ0v) is 6.19. The normalized spacial score (nSPS) is 9.27. The van der Waals surface area contributed by atoms with E-state index in [0.717, 1.165) is 5.56 Å². The van der Waals surface area contributed by atoms with Gasteiger partial charge in [0.1, 0.15) is 0 Å². The van der Waals surface area contributed by atoms with E-state index in [1.807, 2.05) is 13.0 Å². The molecule has 0 unspecified atom stereocenters. The summed E-state index contributed by atoms with van der Waals surface area (Å²) in [6.45, 7) is 1.89. The van der Waals surface area contributed by atoms with E-state index >= 15 is 0 Å². The molecule has 58 valence electrons. The average Bonchev–Trinajstić information content (AvgIpc) is 2.03. The molecule has 0 aliphatic rings. The van der Waals surface area contributed by atoms with Crippen molar-refractivity contribution in [1.82, 2.24) is 0 Å². The molecule has 0 spiro atoms. The fourth-order valence-electron chi connectivity index (χ4n) is 0.831.